The van der Waals surface area contributed by atoms with Crippen LogP contribution in [-0.2, 0) is 6.42 Å². The number of likely N-dealkylation sites (N-methyl/N-ethyl adjacent to an activating group) is 1. The summed E-state index contributed by atoms with van der Waals surface area (Å²) < 4.78 is 0. The second kappa shape index (κ2) is 3.44. The molecule has 3 heteroatoms. The molecule has 2 N–H and O–H groups in total. The molecule has 1 aromatic rings. The molecule has 0 bridgehead atoms. The van der Waals surface area contributed by atoms with Crippen LogP contribution in [-0.4, -0.2) is 30.0 Å². The SMILES string of the molecule is CN1CCc2ncccc2C1CN. The van der Waals surface area contributed by atoms with Gasteiger partial charge in [0.05, 0.1) is 0 Å². The Morgan fingerprint density at radius 3 is 3.31 bits per heavy atom. The summed E-state index contributed by atoms with van der Waals surface area (Å²) in [7, 11) is 2.12. The monoisotopic (exact) mass is 177 g/mol. The molecule has 1 unspecified atom stereocenters. The summed E-state index contributed by atoms with van der Waals surface area (Å²) in [5, 5.41) is 0. The summed E-state index contributed by atoms with van der Waals surface area (Å²) in [6.45, 7) is 1.74. The highest BCUT2D eigenvalue weighted by Crippen LogP contribution is 2.25. The van der Waals surface area contributed by atoms with Crippen molar-refractivity contribution in [2.75, 3.05) is 20.1 Å². The molecule has 0 spiro atoms. The largest absolute Gasteiger partial charge is 0.329 e. The van der Waals surface area contributed by atoms with Crippen LogP contribution in [0.2, 0.25) is 0 Å². The number of pyridine rings is 1. The Hall–Kier alpha value is -0.930. The quantitative estimate of drug-likeness (QED) is 0.682. The van der Waals surface area contributed by atoms with E-state index in [4.69, 9.17) is 5.73 Å². The first-order valence-corrected chi connectivity index (χ1v) is 4.67. The van der Waals surface area contributed by atoms with Gasteiger partial charge in [0, 0.05) is 37.4 Å². The van der Waals surface area contributed by atoms with E-state index in [0.717, 1.165) is 13.0 Å². The van der Waals surface area contributed by atoms with Gasteiger partial charge in [-0.2, -0.15) is 0 Å². The van der Waals surface area contributed by atoms with Crippen LogP contribution in [0, 0.1) is 0 Å². The first-order valence-electron chi connectivity index (χ1n) is 4.67. The molecule has 0 radical (unpaired) electrons. The topological polar surface area (TPSA) is 42.2 Å². The van der Waals surface area contributed by atoms with Gasteiger partial charge in [-0.3, -0.25) is 9.88 Å². The van der Waals surface area contributed by atoms with Gasteiger partial charge in [0.25, 0.3) is 0 Å². The van der Waals surface area contributed by atoms with Crippen molar-refractivity contribution >= 4 is 0 Å². The van der Waals surface area contributed by atoms with E-state index in [-0.39, 0.29) is 0 Å². The normalized spacial score (nSPS) is 22.8. The highest BCUT2D eigenvalue weighted by atomic mass is 15.1. The number of hydrogen-bond donors (Lipinski definition) is 1. The molecule has 1 aromatic heterocycles. The van der Waals surface area contributed by atoms with E-state index < -0.39 is 0 Å². The fourth-order valence-corrected chi connectivity index (χ4v) is 1.95. The van der Waals surface area contributed by atoms with Crippen molar-refractivity contribution in [3.05, 3.63) is 29.6 Å². The van der Waals surface area contributed by atoms with Crippen LogP contribution in [0.15, 0.2) is 18.3 Å². The third-order valence-corrected chi connectivity index (χ3v) is 2.74. The Balaban J connectivity index is 2.39. The Labute approximate surface area is 78.6 Å². The minimum absolute atomic E-state index is 0.359. The van der Waals surface area contributed by atoms with E-state index in [1.165, 1.54) is 11.3 Å². The van der Waals surface area contributed by atoms with E-state index >= 15 is 0 Å². The number of nitrogens with zero attached hydrogens (tertiary/aromatic N) is 2. The van der Waals surface area contributed by atoms with Gasteiger partial charge in [-0.25, -0.2) is 0 Å². The van der Waals surface area contributed by atoms with Crippen molar-refractivity contribution in [1.82, 2.24) is 9.88 Å². The molecule has 1 aliphatic rings. The van der Waals surface area contributed by atoms with Gasteiger partial charge >= 0.3 is 0 Å². The number of rotatable bonds is 1. The third kappa shape index (κ3) is 1.45. The predicted molar refractivity (Wildman–Crippen MR) is 52.4 cm³/mol. The summed E-state index contributed by atoms with van der Waals surface area (Å²) in [6.07, 6.45) is 2.90. The van der Waals surface area contributed by atoms with Gasteiger partial charge in [0.1, 0.15) is 0 Å². The molecule has 0 aromatic carbocycles. The minimum atomic E-state index is 0.359. The molecule has 70 valence electrons. The number of aromatic nitrogens is 1. The summed E-state index contributed by atoms with van der Waals surface area (Å²) in [6, 6.07) is 4.48. The van der Waals surface area contributed by atoms with E-state index in [2.05, 4.69) is 23.0 Å². The maximum absolute atomic E-state index is 5.74. The zero-order chi connectivity index (χ0) is 9.26. The first kappa shape index (κ1) is 8.66. The summed E-state index contributed by atoms with van der Waals surface area (Å²) >= 11 is 0. The van der Waals surface area contributed by atoms with Gasteiger partial charge < -0.3 is 5.73 Å². The van der Waals surface area contributed by atoms with Gasteiger partial charge in [-0.15, -0.1) is 0 Å². The first-order chi connectivity index (χ1) is 6.33. The molecule has 3 nitrogen and oxygen atoms in total. The zero-order valence-corrected chi connectivity index (χ0v) is 7.90. The Kier molecular flexibility index (Phi) is 2.29. The highest BCUT2D eigenvalue weighted by molar-refractivity contribution is 5.26. The Bertz CT molecular complexity index is 298. The second-order valence-corrected chi connectivity index (χ2v) is 3.52. The molecular weight excluding hydrogens is 162 g/mol. The second-order valence-electron chi connectivity index (χ2n) is 3.52. The number of nitrogens with two attached hydrogens (primary N) is 1. The zero-order valence-electron chi connectivity index (χ0n) is 7.90. The lowest BCUT2D eigenvalue weighted by Gasteiger charge is -2.32. The smallest absolute Gasteiger partial charge is 0.0485 e. The maximum Gasteiger partial charge on any atom is 0.0485 e. The molecular formula is C10H15N3. The summed E-state index contributed by atoms with van der Waals surface area (Å²) in [5.74, 6) is 0. The lowest BCUT2D eigenvalue weighted by atomic mass is 9.98. The van der Waals surface area contributed by atoms with Crippen LogP contribution < -0.4 is 5.73 Å². The lowest BCUT2D eigenvalue weighted by molar-refractivity contribution is 0.234. The number of fused-ring (bicyclic) bond motifs is 1. The molecule has 0 aliphatic carbocycles. The van der Waals surface area contributed by atoms with Crippen LogP contribution in [0.4, 0.5) is 0 Å². The fraction of sp³-hybridized carbons (Fsp3) is 0.500. The van der Waals surface area contributed by atoms with Crippen LogP contribution in [0.1, 0.15) is 17.3 Å². The van der Waals surface area contributed by atoms with Gasteiger partial charge in [-0.1, -0.05) is 6.07 Å². The van der Waals surface area contributed by atoms with Crippen molar-refractivity contribution in [2.24, 2.45) is 5.73 Å². The maximum atomic E-state index is 5.74. The van der Waals surface area contributed by atoms with E-state index in [0.29, 0.717) is 12.6 Å². The average Bonchev–Trinajstić information content (AvgIpc) is 2.18. The molecule has 2 rings (SSSR count). The predicted octanol–water partition coefficient (Wildman–Crippen LogP) is 0.569. The third-order valence-electron chi connectivity index (χ3n) is 2.74. The Morgan fingerprint density at radius 1 is 1.69 bits per heavy atom. The molecule has 0 fully saturated rings. The van der Waals surface area contributed by atoms with E-state index in [1.54, 1.807) is 0 Å². The number of hydrogen-bond acceptors (Lipinski definition) is 3. The fourth-order valence-electron chi connectivity index (χ4n) is 1.95. The van der Waals surface area contributed by atoms with Gasteiger partial charge in [-0.05, 0) is 18.7 Å². The highest BCUT2D eigenvalue weighted by Gasteiger charge is 2.23. The van der Waals surface area contributed by atoms with Crippen molar-refractivity contribution in [1.29, 1.82) is 0 Å². The average molecular weight is 177 g/mol. The van der Waals surface area contributed by atoms with Gasteiger partial charge in [0.15, 0.2) is 0 Å². The molecule has 1 atom stereocenters. The molecule has 0 saturated heterocycles. The molecule has 1 aliphatic heterocycles. The van der Waals surface area contributed by atoms with E-state index in [1.807, 2.05) is 12.3 Å². The Morgan fingerprint density at radius 2 is 2.54 bits per heavy atom. The van der Waals surface area contributed by atoms with Crippen molar-refractivity contribution in [3.8, 4) is 0 Å². The summed E-state index contributed by atoms with van der Waals surface area (Å²) in [4.78, 5) is 6.67. The lowest BCUT2D eigenvalue weighted by Crippen LogP contribution is -2.36. The standard InChI is InChI=1S/C10H15N3/c1-13-6-4-9-8(10(13)7-11)3-2-5-12-9/h2-3,5,10H,4,6-7,11H2,1H3. The van der Waals surface area contributed by atoms with Crippen molar-refractivity contribution in [2.45, 2.75) is 12.5 Å². The van der Waals surface area contributed by atoms with Crippen molar-refractivity contribution < 1.29 is 0 Å². The molecule has 13 heavy (non-hydrogen) atoms. The van der Waals surface area contributed by atoms with Crippen LogP contribution in [0.5, 0.6) is 0 Å². The van der Waals surface area contributed by atoms with Crippen LogP contribution in [0.3, 0.4) is 0 Å². The van der Waals surface area contributed by atoms with Gasteiger partial charge in [0.2, 0.25) is 0 Å². The molecule has 2 heterocycles. The minimum Gasteiger partial charge on any atom is -0.329 e. The van der Waals surface area contributed by atoms with Crippen LogP contribution >= 0.6 is 0 Å². The molecule has 0 amide bonds. The summed E-state index contributed by atoms with van der Waals surface area (Å²) in [5.41, 5.74) is 8.26. The van der Waals surface area contributed by atoms with E-state index in [9.17, 15) is 0 Å². The van der Waals surface area contributed by atoms with Crippen LogP contribution in [0.25, 0.3) is 0 Å². The molecule has 0 saturated carbocycles. The van der Waals surface area contributed by atoms with Crippen molar-refractivity contribution in [3.63, 3.8) is 0 Å².